The molecule has 0 radical (unpaired) electrons. The van der Waals surface area contributed by atoms with Crippen molar-refractivity contribution in [1.82, 2.24) is 4.98 Å². The van der Waals surface area contributed by atoms with Crippen molar-refractivity contribution in [3.8, 4) is 0 Å². The van der Waals surface area contributed by atoms with Crippen LogP contribution in [0.2, 0.25) is 15.1 Å². The van der Waals surface area contributed by atoms with Crippen molar-refractivity contribution < 1.29 is 18.0 Å². The topological polar surface area (TPSA) is 42.0 Å². The van der Waals surface area contributed by atoms with Crippen LogP contribution in [0.4, 0.5) is 18.9 Å². The number of amides is 1. The number of nitrogens with zero attached hydrogens (tertiary/aromatic N) is 1. The number of thiazole rings is 1. The van der Waals surface area contributed by atoms with Gasteiger partial charge in [0.1, 0.15) is 4.88 Å². The smallest absolute Gasteiger partial charge is 0.319 e. The number of aromatic nitrogens is 1. The molecule has 11 heteroatoms. The zero-order chi connectivity index (χ0) is 17.4. The molecule has 0 spiro atoms. The van der Waals surface area contributed by atoms with Gasteiger partial charge in [0, 0.05) is 5.02 Å². The van der Waals surface area contributed by atoms with Crippen molar-refractivity contribution in [2.75, 3.05) is 11.6 Å². The lowest BCUT2D eigenvalue weighted by Gasteiger charge is -2.10. The van der Waals surface area contributed by atoms with Crippen molar-refractivity contribution in [1.29, 1.82) is 0 Å². The Morgan fingerprint density at radius 1 is 1.26 bits per heavy atom. The molecule has 0 unspecified atom stereocenters. The van der Waals surface area contributed by atoms with Crippen LogP contribution >= 0.6 is 57.9 Å². The van der Waals surface area contributed by atoms with Gasteiger partial charge >= 0.3 is 6.18 Å². The van der Waals surface area contributed by atoms with Crippen molar-refractivity contribution >= 4 is 69.5 Å². The molecule has 1 aromatic carbocycles. The van der Waals surface area contributed by atoms with E-state index in [-0.39, 0.29) is 25.1 Å². The maximum Gasteiger partial charge on any atom is 0.435 e. The van der Waals surface area contributed by atoms with Gasteiger partial charge in [-0.2, -0.15) is 13.2 Å². The fraction of sp³-hybridized carbons (Fsp3) is 0.167. The van der Waals surface area contributed by atoms with Crippen LogP contribution in [0.3, 0.4) is 0 Å². The molecule has 1 aromatic heterocycles. The molecule has 0 bridgehead atoms. The van der Waals surface area contributed by atoms with E-state index in [1.807, 2.05) is 0 Å². The van der Waals surface area contributed by atoms with Gasteiger partial charge in [-0.25, -0.2) is 4.98 Å². The summed E-state index contributed by atoms with van der Waals surface area (Å²) in [6.07, 6.45) is -3.18. The number of benzene rings is 1. The number of thioether (sulfide) groups is 1. The van der Waals surface area contributed by atoms with Crippen LogP contribution in [0.1, 0.15) is 15.4 Å². The maximum atomic E-state index is 13.0. The number of halogens is 6. The first-order valence-electron chi connectivity index (χ1n) is 5.71. The van der Waals surface area contributed by atoms with Crippen LogP contribution < -0.4 is 5.32 Å². The number of rotatable bonds is 3. The van der Waals surface area contributed by atoms with Gasteiger partial charge in [0.2, 0.25) is 0 Å². The number of hydrogen-bond acceptors (Lipinski definition) is 4. The van der Waals surface area contributed by atoms with E-state index < -0.39 is 22.7 Å². The zero-order valence-corrected chi connectivity index (χ0v) is 15.0. The van der Waals surface area contributed by atoms with E-state index in [1.165, 1.54) is 12.1 Å². The van der Waals surface area contributed by atoms with E-state index in [0.29, 0.717) is 11.3 Å². The number of carbonyl (C=O) groups excluding carboxylic acids is 1. The largest absolute Gasteiger partial charge is 0.435 e. The second kappa shape index (κ2) is 7.06. The molecule has 2 aromatic rings. The summed E-state index contributed by atoms with van der Waals surface area (Å²) in [4.78, 5) is 15.1. The summed E-state index contributed by atoms with van der Waals surface area (Å²) in [5.74, 6) is -0.999. The Balaban J connectivity index is 2.41. The number of carbonyl (C=O) groups is 1. The standard InChI is InChI=1S/C12H6Cl3F3N2OS2/c1-22-11-20-9(12(16,17)18)8(23-11)10(21)19-7-5(14)2-4(13)3-6(7)15/h2-3H,1H3,(H,19,21). The van der Waals surface area contributed by atoms with Gasteiger partial charge in [-0.3, -0.25) is 4.79 Å². The molecule has 0 saturated carbocycles. The minimum atomic E-state index is -4.75. The Bertz CT molecular complexity index is 741. The molecule has 23 heavy (non-hydrogen) atoms. The fourth-order valence-electron chi connectivity index (χ4n) is 1.57. The molecule has 0 aliphatic rings. The molecule has 0 aliphatic carbocycles. The summed E-state index contributed by atoms with van der Waals surface area (Å²) in [5, 5.41) is 2.53. The molecule has 0 aliphatic heterocycles. The molecular formula is C12H6Cl3F3N2OS2. The molecule has 124 valence electrons. The summed E-state index contributed by atoms with van der Waals surface area (Å²) in [5.41, 5.74) is -1.26. The molecule has 0 atom stereocenters. The molecule has 1 N–H and O–H groups in total. The Morgan fingerprint density at radius 3 is 2.30 bits per heavy atom. The monoisotopic (exact) mass is 420 g/mol. The highest BCUT2D eigenvalue weighted by Gasteiger charge is 2.39. The van der Waals surface area contributed by atoms with Gasteiger partial charge in [-0.15, -0.1) is 11.3 Å². The van der Waals surface area contributed by atoms with Crippen molar-refractivity contribution in [2.24, 2.45) is 0 Å². The number of hydrogen-bond donors (Lipinski definition) is 1. The molecule has 0 saturated heterocycles. The van der Waals surface area contributed by atoms with Crippen LogP contribution in [-0.2, 0) is 6.18 Å². The predicted octanol–water partition coefficient (Wildman–Crippen LogP) is 6.10. The van der Waals surface area contributed by atoms with E-state index in [9.17, 15) is 18.0 Å². The Kier molecular flexibility index (Phi) is 5.73. The maximum absolute atomic E-state index is 13.0. The third-order valence-corrected chi connectivity index (χ3v) is 5.36. The van der Waals surface area contributed by atoms with Crippen LogP contribution in [0.15, 0.2) is 16.5 Å². The second-order valence-corrected chi connectivity index (χ2v) is 7.36. The minimum absolute atomic E-state index is 0.0130. The van der Waals surface area contributed by atoms with Gasteiger partial charge in [-0.05, 0) is 18.4 Å². The Labute approximate surface area is 152 Å². The molecule has 3 nitrogen and oxygen atoms in total. The highest BCUT2D eigenvalue weighted by atomic mass is 35.5. The predicted molar refractivity (Wildman–Crippen MR) is 88.3 cm³/mol. The van der Waals surface area contributed by atoms with E-state index in [4.69, 9.17) is 34.8 Å². The third kappa shape index (κ3) is 4.24. The first kappa shape index (κ1) is 18.7. The lowest BCUT2D eigenvalue weighted by Crippen LogP contribution is -2.17. The van der Waals surface area contributed by atoms with Crippen molar-refractivity contribution in [3.63, 3.8) is 0 Å². The number of anilines is 1. The third-order valence-electron chi connectivity index (χ3n) is 2.50. The van der Waals surface area contributed by atoms with Gasteiger partial charge in [0.05, 0.1) is 15.7 Å². The number of nitrogens with one attached hydrogen (secondary N) is 1. The van der Waals surface area contributed by atoms with E-state index >= 15 is 0 Å². The minimum Gasteiger partial charge on any atom is -0.319 e. The van der Waals surface area contributed by atoms with E-state index in [1.54, 1.807) is 6.26 Å². The summed E-state index contributed by atoms with van der Waals surface area (Å²) in [7, 11) is 0. The van der Waals surface area contributed by atoms with Crippen LogP contribution in [-0.4, -0.2) is 17.1 Å². The molecule has 1 amide bonds. The second-order valence-electron chi connectivity index (χ2n) is 4.06. The van der Waals surface area contributed by atoms with E-state index in [2.05, 4.69) is 10.3 Å². The van der Waals surface area contributed by atoms with Crippen LogP contribution in [0.5, 0.6) is 0 Å². The van der Waals surface area contributed by atoms with Gasteiger partial charge in [0.25, 0.3) is 5.91 Å². The fourth-order valence-corrected chi connectivity index (χ4v) is 3.96. The normalized spacial score (nSPS) is 11.6. The quantitative estimate of drug-likeness (QED) is 0.609. The average Bonchev–Trinajstić information content (AvgIpc) is 2.87. The van der Waals surface area contributed by atoms with Gasteiger partial charge in [-0.1, -0.05) is 46.6 Å². The summed E-state index contributed by atoms with van der Waals surface area (Å²) >= 11 is 19.2. The van der Waals surface area contributed by atoms with Crippen LogP contribution in [0.25, 0.3) is 0 Å². The molecule has 1 heterocycles. The first-order valence-corrected chi connectivity index (χ1v) is 8.89. The van der Waals surface area contributed by atoms with Crippen molar-refractivity contribution in [2.45, 2.75) is 10.5 Å². The lowest BCUT2D eigenvalue weighted by molar-refractivity contribution is -0.141. The molecular weight excluding hydrogens is 416 g/mol. The lowest BCUT2D eigenvalue weighted by atomic mass is 10.3. The average molecular weight is 422 g/mol. The highest BCUT2D eigenvalue weighted by molar-refractivity contribution is 8.00. The zero-order valence-electron chi connectivity index (χ0n) is 11.1. The highest BCUT2D eigenvalue weighted by Crippen LogP contribution is 2.39. The van der Waals surface area contributed by atoms with Crippen molar-refractivity contribution in [3.05, 3.63) is 37.8 Å². The SMILES string of the molecule is CSc1nc(C(F)(F)F)c(C(=O)Nc2c(Cl)cc(Cl)cc2Cl)s1. The van der Waals surface area contributed by atoms with Gasteiger partial charge in [0.15, 0.2) is 10.0 Å². The summed E-state index contributed by atoms with van der Waals surface area (Å²) < 4.78 is 39.1. The molecule has 2 rings (SSSR count). The van der Waals surface area contributed by atoms with Gasteiger partial charge < -0.3 is 5.32 Å². The van der Waals surface area contributed by atoms with E-state index in [0.717, 1.165) is 11.8 Å². The Hall–Kier alpha value is -0.670. The molecule has 0 fully saturated rings. The summed E-state index contributed by atoms with van der Waals surface area (Å²) in [6, 6.07) is 2.63. The first-order chi connectivity index (χ1) is 10.6. The summed E-state index contributed by atoms with van der Waals surface area (Å²) in [6.45, 7) is 0. The Morgan fingerprint density at radius 2 is 1.83 bits per heavy atom. The number of alkyl halides is 3. The van der Waals surface area contributed by atoms with Crippen LogP contribution in [0, 0.1) is 0 Å².